The van der Waals surface area contributed by atoms with Gasteiger partial charge in [-0.15, -0.1) is 0 Å². The molecule has 0 bridgehead atoms. The van der Waals surface area contributed by atoms with Crippen molar-refractivity contribution in [3.63, 3.8) is 0 Å². The van der Waals surface area contributed by atoms with Crippen LogP contribution in [0.1, 0.15) is 37.2 Å². The molecule has 0 fully saturated rings. The first-order valence-corrected chi connectivity index (χ1v) is 15.8. The van der Waals surface area contributed by atoms with Gasteiger partial charge in [0.2, 0.25) is 0 Å². The van der Waals surface area contributed by atoms with Crippen LogP contribution >= 0.6 is 11.8 Å². The maximum Gasteiger partial charge on any atom is 0.281 e. The molecule has 8 nitrogen and oxygen atoms in total. The SMILES string of the molecule is COc1c(OCC(=O)c2ccc(S(C)(=O)=O)cc2)cccc1C1SC(c2ccc(F)cc2)=NN1C(=O)c1c(F)cc(F)cc1F. The molecule has 1 amide bonds. The largest absolute Gasteiger partial charge is 0.492 e. The summed E-state index contributed by atoms with van der Waals surface area (Å²) < 4.78 is 91.3. The molecule has 5 rings (SSSR count). The molecular formula is C31H22F4N2O6S2. The Morgan fingerprint density at radius 2 is 1.56 bits per heavy atom. The highest BCUT2D eigenvalue weighted by Crippen LogP contribution is 2.47. The van der Waals surface area contributed by atoms with E-state index in [0.717, 1.165) is 23.0 Å². The average molecular weight is 659 g/mol. The summed E-state index contributed by atoms with van der Waals surface area (Å²) in [6.45, 7) is -0.470. The lowest BCUT2D eigenvalue weighted by molar-refractivity contribution is 0.0737. The first-order valence-electron chi connectivity index (χ1n) is 13.0. The molecule has 45 heavy (non-hydrogen) atoms. The first kappa shape index (κ1) is 31.7. The van der Waals surface area contributed by atoms with Gasteiger partial charge in [0.25, 0.3) is 5.91 Å². The summed E-state index contributed by atoms with van der Waals surface area (Å²) >= 11 is 0.994. The molecule has 0 spiro atoms. The smallest absolute Gasteiger partial charge is 0.281 e. The van der Waals surface area contributed by atoms with Crippen molar-refractivity contribution in [1.82, 2.24) is 5.01 Å². The molecule has 0 aromatic heterocycles. The van der Waals surface area contributed by atoms with Gasteiger partial charge in [-0.3, -0.25) is 9.59 Å². The molecule has 1 atom stereocenters. The first-order chi connectivity index (χ1) is 21.4. The van der Waals surface area contributed by atoms with Crippen molar-refractivity contribution in [2.75, 3.05) is 20.0 Å². The topological polar surface area (TPSA) is 102 Å². The number of methoxy groups -OCH3 is 1. The van der Waals surface area contributed by atoms with Gasteiger partial charge in [-0.1, -0.05) is 23.9 Å². The van der Waals surface area contributed by atoms with E-state index in [1.165, 1.54) is 67.8 Å². The lowest BCUT2D eigenvalue weighted by atomic mass is 10.1. The standard InChI is InChI=1S/C31H22F4N2O6S2/c1-42-28-22(4-3-5-26(28)43-16-25(38)17-8-12-21(13-9-17)45(2,40)41)31-37(30(39)27-23(34)14-20(33)15-24(27)35)36-29(44-31)18-6-10-19(32)11-7-18/h3-15,31H,16H2,1-2H3. The van der Waals surface area contributed by atoms with Crippen LogP contribution in [0.3, 0.4) is 0 Å². The number of nitrogens with zero attached hydrogens (tertiary/aromatic N) is 2. The third-order valence-electron chi connectivity index (χ3n) is 6.61. The van der Waals surface area contributed by atoms with Crippen LogP contribution in [0.5, 0.6) is 11.5 Å². The van der Waals surface area contributed by atoms with Gasteiger partial charge >= 0.3 is 0 Å². The fraction of sp³-hybridized carbons (Fsp3) is 0.129. The number of benzene rings is 4. The Labute approximate surface area is 259 Å². The zero-order valence-corrected chi connectivity index (χ0v) is 25.1. The van der Waals surface area contributed by atoms with Gasteiger partial charge < -0.3 is 9.47 Å². The monoisotopic (exact) mass is 658 g/mol. The molecule has 1 heterocycles. The molecule has 0 N–H and O–H groups in total. The second-order valence-corrected chi connectivity index (χ2v) is 12.7. The summed E-state index contributed by atoms with van der Waals surface area (Å²) in [5, 5.41) is 4.20. The molecule has 0 aliphatic carbocycles. The van der Waals surface area contributed by atoms with E-state index in [1.54, 1.807) is 6.07 Å². The normalized spacial score (nSPS) is 14.7. The van der Waals surface area contributed by atoms with Crippen molar-refractivity contribution in [3.8, 4) is 11.5 Å². The van der Waals surface area contributed by atoms with E-state index in [1.807, 2.05) is 0 Å². The lowest BCUT2D eigenvalue weighted by Gasteiger charge is -2.24. The molecule has 232 valence electrons. The molecule has 4 aromatic rings. The molecule has 0 saturated carbocycles. The Bertz CT molecular complexity index is 1910. The molecular weight excluding hydrogens is 636 g/mol. The number of thioether (sulfide) groups is 1. The minimum atomic E-state index is -3.45. The zero-order valence-electron chi connectivity index (χ0n) is 23.5. The average Bonchev–Trinajstić information content (AvgIpc) is 3.44. The number of para-hydroxylation sites is 1. The highest BCUT2D eigenvalue weighted by Gasteiger charge is 2.39. The summed E-state index contributed by atoms with van der Waals surface area (Å²) in [5.74, 6) is -6.13. The van der Waals surface area contributed by atoms with Crippen LogP contribution in [0.25, 0.3) is 0 Å². The molecule has 1 aliphatic heterocycles. The molecule has 0 saturated heterocycles. The number of hydrazone groups is 1. The van der Waals surface area contributed by atoms with E-state index in [0.29, 0.717) is 17.7 Å². The van der Waals surface area contributed by atoms with Crippen LogP contribution in [-0.2, 0) is 9.84 Å². The van der Waals surface area contributed by atoms with Crippen molar-refractivity contribution < 1.29 is 45.0 Å². The number of hydrogen-bond donors (Lipinski definition) is 0. The Morgan fingerprint density at radius 3 is 2.16 bits per heavy atom. The summed E-state index contributed by atoms with van der Waals surface area (Å²) in [7, 11) is -2.15. The minimum absolute atomic E-state index is 0.0464. The Morgan fingerprint density at radius 1 is 0.911 bits per heavy atom. The summed E-state index contributed by atoms with van der Waals surface area (Å²) in [6.07, 6.45) is 1.05. The van der Waals surface area contributed by atoms with Gasteiger partial charge in [0.05, 0.1) is 12.0 Å². The van der Waals surface area contributed by atoms with Gasteiger partial charge in [0.15, 0.2) is 33.7 Å². The van der Waals surface area contributed by atoms with Crippen molar-refractivity contribution >= 4 is 38.3 Å². The van der Waals surface area contributed by atoms with Crippen LogP contribution in [0, 0.1) is 23.3 Å². The van der Waals surface area contributed by atoms with E-state index in [2.05, 4.69) is 5.10 Å². The molecule has 0 radical (unpaired) electrons. The van der Waals surface area contributed by atoms with E-state index in [-0.39, 0.29) is 32.6 Å². The second-order valence-electron chi connectivity index (χ2n) is 9.66. The predicted octanol–water partition coefficient (Wildman–Crippen LogP) is 6.17. The molecule has 4 aromatic carbocycles. The Hall–Kier alpha value is -4.69. The van der Waals surface area contributed by atoms with Gasteiger partial charge in [-0.25, -0.2) is 31.0 Å². The predicted molar refractivity (Wildman–Crippen MR) is 158 cm³/mol. The van der Waals surface area contributed by atoms with Gasteiger partial charge in [-0.05, 0) is 54.6 Å². The number of halogens is 4. The number of amides is 1. The van der Waals surface area contributed by atoms with Crippen molar-refractivity contribution in [1.29, 1.82) is 0 Å². The number of sulfone groups is 1. The Balaban J connectivity index is 1.48. The summed E-state index contributed by atoms with van der Waals surface area (Å²) in [5.41, 5.74) is -0.172. The lowest BCUT2D eigenvalue weighted by Crippen LogP contribution is -2.28. The van der Waals surface area contributed by atoms with Crippen molar-refractivity contribution in [2.24, 2.45) is 5.10 Å². The number of hydrogen-bond acceptors (Lipinski definition) is 8. The highest BCUT2D eigenvalue weighted by atomic mass is 32.2. The summed E-state index contributed by atoms with van der Waals surface area (Å²) in [6, 6.07) is 15.8. The van der Waals surface area contributed by atoms with Crippen molar-refractivity contribution in [3.05, 3.63) is 124 Å². The maximum absolute atomic E-state index is 14.7. The van der Waals surface area contributed by atoms with Crippen LogP contribution in [-0.4, -0.2) is 50.1 Å². The van der Waals surface area contributed by atoms with Gasteiger partial charge in [0, 0.05) is 35.1 Å². The number of carbonyl (C=O) groups excluding carboxylic acids is 2. The van der Waals surface area contributed by atoms with Crippen LogP contribution in [0.4, 0.5) is 17.6 Å². The Kier molecular flexibility index (Phi) is 8.98. The van der Waals surface area contributed by atoms with Gasteiger partial charge in [0.1, 0.15) is 39.2 Å². The minimum Gasteiger partial charge on any atom is -0.492 e. The second kappa shape index (κ2) is 12.7. The van der Waals surface area contributed by atoms with E-state index < -0.39 is 62.3 Å². The number of ketones is 1. The number of carbonyl (C=O) groups is 2. The number of ether oxygens (including phenoxy) is 2. The van der Waals surface area contributed by atoms with Crippen LogP contribution in [0.15, 0.2) is 88.9 Å². The molecule has 1 unspecified atom stereocenters. The van der Waals surface area contributed by atoms with Gasteiger partial charge in [-0.2, -0.15) is 5.10 Å². The maximum atomic E-state index is 14.7. The zero-order chi connectivity index (χ0) is 32.5. The van der Waals surface area contributed by atoms with E-state index in [4.69, 9.17) is 9.47 Å². The van der Waals surface area contributed by atoms with Crippen molar-refractivity contribution in [2.45, 2.75) is 10.3 Å². The molecule has 14 heteroatoms. The summed E-state index contributed by atoms with van der Waals surface area (Å²) in [4.78, 5) is 26.4. The van der Waals surface area contributed by atoms with Crippen LogP contribution < -0.4 is 9.47 Å². The highest BCUT2D eigenvalue weighted by molar-refractivity contribution is 8.14. The fourth-order valence-electron chi connectivity index (χ4n) is 4.43. The quantitative estimate of drug-likeness (QED) is 0.157. The number of rotatable bonds is 9. The van der Waals surface area contributed by atoms with E-state index in [9.17, 15) is 35.6 Å². The van der Waals surface area contributed by atoms with Crippen LogP contribution in [0.2, 0.25) is 0 Å². The molecule has 1 aliphatic rings. The fourth-order valence-corrected chi connectivity index (χ4v) is 6.23. The van der Waals surface area contributed by atoms with E-state index >= 15 is 0 Å². The third kappa shape index (κ3) is 6.71. The third-order valence-corrected chi connectivity index (χ3v) is 8.95. The number of Topliss-reactive ketones (excluding diaryl/α,β-unsaturated/α-hetero) is 1.